The summed E-state index contributed by atoms with van der Waals surface area (Å²) >= 11 is 3.54. The van der Waals surface area contributed by atoms with Crippen molar-refractivity contribution in [3.8, 4) is 0 Å². The first-order valence-electron chi connectivity index (χ1n) is 11.0. The molecule has 0 bridgehead atoms. The SMILES string of the molecule is CCN1/C(=C2\CCC/C(=C/C=C3/Sc4ccccc4N3CC)C2=O)Sc2ccccc21. The molecular formula is C26H26N2OS2. The van der Waals surface area contributed by atoms with Gasteiger partial charge in [-0.2, -0.15) is 0 Å². The molecule has 0 atom stereocenters. The van der Waals surface area contributed by atoms with Gasteiger partial charge in [0.15, 0.2) is 5.78 Å². The lowest BCUT2D eigenvalue weighted by Gasteiger charge is -2.24. The van der Waals surface area contributed by atoms with E-state index >= 15 is 0 Å². The Hall–Kier alpha value is -2.37. The first-order chi connectivity index (χ1) is 15.2. The summed E-state index contributed by atoms with van der Waals surface area (Å²) in [4.78, 5) is 20.6. The Kier molecular flexibility index (Phi) is 5.72. The fourth-order valence-corrected chi connectivity index (χ4v) is 6.91. The van der Waals surface area contributed by atoms with Crippen LogP contribution in [0, 0.1) is 0 Å². The number of rotatable bonds is 3. The molecule has 0 unspecified atom stereocenters. The zero-order valence-corrected chi connectivity index (χ0v) is 19.6. The second-order valence-electron chi connectivity index (χ2n) is 7.79. The number of benzene rings is 2. The molecule has 3 aliphatic rings. The molecule has 0 amide bonds. The van der Waals surface area contributed by atoms with Gasteiger partial charge in [0.2, 0.25) is 0 Å². The van der Waals surface area contributed by atoms with Crippen molar-refractivity contribution in [3.63, 3.8) is 0 Å². The van der Waals surface area contributed by atoms with Crippen LogP contribution < -0.4 is 9.80 Å². The van der Waals surface area contributed by atoms with Gasteiger partial charge in [0.1, 0.15) is 0 Å². The highest BCUT2D eigenvalue weighted by Gasteiger charge is 2.32. The van der Waals surface area contributed by atoms with Crippen LogP contribution in [-0.4, -0.2) is 18.9 Å². The third kappa shape index (κ3) is 3.64. The molecule has 2 aromatic carbocycles. The van der Waals surface area contributed by atoms with E-state index in [0.717, 1.165) is 48.5 Å². The monoisotopic (exact) mass is 446 g/mol. The number of carbonyl (C=O) groups excluding carboxylic acids is 1. The maximum atomic E-state index is 13.5. The number of fused-ring (bicyclic) bond motifs is 2. The number of para-hydroxylation sites is 2. The molecule has 0 radical (unpaired) electrons. The maximum absolute atomic E-state index is 13.5. The van der Waals surface area contributed by atoms with Gasteiger partial charge in [-0.25, -0.2) is 0 Å². The summed E-state index contributed by atoms with van der Waals surface area (Å²) in [7, 11) is 0. The number of allylic oxidation sites excluding steroid dienone is 4. The molecule has 1 aliphatic carbocycles. The predicted octanol–water partition coefficient (Wildman–Crippen LogP) is 6.98. The molecule has 2 aliphatic heterocycles. The number of hydrogen-bond donors (Lipinski definition) is 0. The van der Waals surface area contributed by atoms with E-state index < -0.39 is 0 Å². The van der Waals surface area contributed by atoms with Gasteiger partial charge in [-0.15, -0.1) is 0 Å². The van der Waals surface area contributed by atoms with Gasteiger partial charge in [0.05, 0.1) is 21.4 Å². The molecule has 3 nitrogen and oxygen atoms in total. The number of nitrogens with zero attached hydrogens (tertiary/aromatic N) is 2. The summed E-state index contributed by atoms with van der Waals surface area (Å²) < 4.78 is 0. The Morgan fingerprint density at radius 3 is 2.19 bits per heavy atom. The van der Waals surface area contributed by atoms with Gasteiger partial charge < -0.3 is 9.80 Å². The standard InChI is InChI=1S/C26H26N2OS2/c1-3-27-20-12-5-7-14-22(20)30-24(27)17-16-18-10-9-11-19(25(18)29)26-28(4-2)21-13-6-8-15-23(21)31-26/h5-8,12-17H,3-4,9-11H2,1-2H3/b18-16-,24-17+,26-19-. The van der Waals surface area contributed by atoms with E-state index in [1.165, 1.54) is 26.2 Å². The molecule has 1 saturated carbocycles. The first-order valence-corrected chi connectivity index (χ1v) is 12.6. The summed E-state index contributed by atoms with van der Waals surface area (Å²) in [6.45, 7) is 6.13. The average Bonchev–Trinajstić information content (AvgIpc) is 3.35. The van der Waals surface area contributed by atoms with Crippen molar-refractivity contribution >= 4 is 40.7 Å². The molecule has 2 heterocycles. The molecule has 1 fully saturated rings. The number of anilines is 2. The van der Waals surface area contributed by atoms with Crippen molar-refractivity contribution in [3.05, 3.63) is 81.9 Å². The third-order valence-corrected chi connectivity index (χ3v) is 8.36. The largest absolute Gasteiger partial charge is 0.335 e. The number of Topliss-reactive ketones (excluding diaryl/α,β-unsaturated/α-hetero) is 1. The predicted molar refractivity (Wildman–Crippen MR) is 133 cm³/mol. The normalized spacial score (nSPS) is 23.1. The van der Waals surface area contributed by atoms with E-state index in [1.54, 1.807) is 23.5 Å². The zero-order valence-electron chi connectivity index (χ0n) is 17.9. The number of thioether (sulfide) groups is 2. The van der Waals surface area contributed by atoms with Crippen LogP contribution in [0.2, 0.25) is 0 Å². The van der Waals surface area contributed by atoms with Crippen LogP contribution in [0.15, 0.2) is 91.7 Å². The van der Waals surface area contributed by atoms with Gasteiger partial charge in [-0.05, 0) is 69.0 Å². The van der Waals surface area contributed by atoms with Crippen LogP contribution in [0.4, 0.5) is 11.4 Å². The van der Waals surface area contributed by atoms with E-state index in [9.17, 15) is 4.79 Å². The zero-order chi connectivity index (χ0) is 21.4. The van der Waals surface area contributed by atoms with E-state index in [4.69, 9.17) is 0 Å². The van der Waals surface area contributed by atoms with Crippen molar-refractivity contribution < 1.29 is 4.79 Å². The fraction of sp³-hybridized carbons (Fsp3) is 0.269. The summed E-state index contributed by atoms with van der Waals surface area (Å²) in [6, 6.07) is 17.0. The molecule has 0 N–H and O–H groups in total. The van der Waals surface area contributed by atoms with Crippen molar-refractivity contribution in [1.29, 1.82) is 0 Å². The van der Waals surface area contributed by atoms with Crippen LogP contribution in [0.25, 0.3) is 0 Å². The molecule has 0 saturated heterocycles. The summed E-state index contributed by atoms with van der Waals surface area (Å²) in [6.07, 6.45) is 6.96. The van der Waals surface area contributed by atoms with Gasteiger partial charge in [-0.3, -0.25) is 4.79 Å². The Morgan fingerprint density at radius 2 is 1.48 bits per heavy atom. The highest BCUT2D eigenvalue weighted by molar-refractivity contribution is 8.04. The minimum atomic E-state index is 0.223. The topological polar surface area (TPSA) is 23.6 Å². The highest BCUT2D eigenvalue weighted by Crippen LogP contribution is 2.49. The Labute approximate surface area is 192 Å². The Bertz CT molecular complexity index is 1130. The van der Waals surface area contributed by atoms with E-state index in [1.807, 2.05) is 0 Å². The van der Waals surface area contributed by atoms with Crippen LogP contribution in [0.3, 0.4) is 0 Å². The minimum Gasteiger partial charge on any atom is -0.335 e. The molecular weight excluding hydrogens is 420 g/mol. The molecule has 5 heteroatoms. The van der Waals surface area contributed by atoms with Gasteiger partial charge >= 0.3 is 0 Å². The molecule has 31 heavy (non-hydrogen) atoms. The molecule has 2 aromatic rings. The smallest absolute Gasteiger partial charge is 0.187 e. The van der Waals surface area contributed by atoms with Crippen molar-refractivity contribution in [2.45, 2.75) is 42.9 Å². The van der Waals surface area contributed by atoms with E-state index in [0.29, 0.717) is 0 Å². The molecule has 0 spiro atoms. The number of ketones is 1. The maximum Gasteiger partial charge on any atom is 0.187 e. The summed E-state index contributed by atoms with van der Waals surface area (Å²) in [5.41, 5.74) is 4.40. The van der Waals surface area contributed by atoms with Crippen molar-refractivity contribution in [1.82, 2.24) is 0 Å². The minimum absolute atomic E-state index is 0.223. The lowest BCUT2D eigenvalue weighted by atomic mass is 9.89. The van der Waals surface area contributed by atoms with Crippen LogP contribution >= 0.6 is 23.5 Å². The number of hydrogen-bond acceptors (Lipinski definition) is 5. The lowest BCUT2D eigenvalue weighted by Crippen LogP contribution is -2.23. The van der Waals surface area contributed by atoms with Crippen molar-refractivity contribution in [2.75, 3.05) is 22.9 Å². The quantitative estimate of drug-likeness (QED) is 0.473. The van der Waals surface area contributed by atoms with Crippen LogP contribution in [-0.2, 0) is 4.79 Å². The van der Waals surface area contributed by atoms with Crippen LogP contribution in [0.1, 0.15) is 33.1 Å². The van der Waals surface area contributed by atoms with E-state index in [-0.39, 0.29) is 5.78 Å². The molecule has 5 rings (SSSR count). The Balaban J connectivity index is 1.45. The molecule has 158 valence electrons. The van der Waals surface area contributed by atoms with E-state index in [2.05, 4.69) is 84.3 Å². The van der Waals surface area contributed by atoms with Gasteiger partial charge in [-0.1, -0.05) is 53.9 Å². The number of carbonyl (C=O) groups is 1. The fourth-order valence-electron chi connectivity index (χ4n) is 4.49. The second kappa shape index (κ2) is 8.64. The highest BCUT2D eigenvalue weighted by atomic mass is 32.2. The lowest BCUT2D eigenvalue weighted by molar-refractivity contribution is -0.113. The summed E-state index contributed by atoms with van der Waals surface area (Å²) in [5.74, 6) is 0.223. The average molecular weight is 447 g/mol. The van der Waals surface area contributed by atoms with Crippen LogP contribution in [0.5, 0.6) is 0 Å². The summed E-state index contributed by atoms with van der Waals surface area (Å²) in [5, 5.41) is 2.33. The second-order valence-corrected chi connectivity index (χ2v) is 9.88. The first kappa shape index (κ1) is 20.5. The van der Waals surface area contributed by atoms with Gasteiger partial charge in [0, 0.05) is 28.5 Å². The molecule has 0 aromatic heterocycles. The third-order valence-electron chi connectivity index (χ3n) is 6.00. The van der Waals surface area contributed by atoms with Crippen molar-refractivity contribution in [2.24, 2.45) is 0 Å². The Morgan fingerprint density at radius 1 is 0.839 bits per heavy atom. The van der Waals surface area contributed by atoms with Gasteiger partial charge in [0.25, 0.3) is 0 Å².